The van der Waals surface area contributed by atoms with Crippen LogP contribution in [0.5, 0.6) is 0 Å². The third-order valence-electron chi connectivity index (χ3n) is 8.29. The SMILES string of the molecule is CCCCCCCCCCCC[N+](CC)(CCCCCCCCCCCC)c1ccc(N)c(C)c1. The Bertz CT molecular complexity index is 585. The van der Waals surface area contributed by atoms with Gasteiger partial charge in [0.05, 0.1) is 19.6 Å². The quantitative estimate of drug-likeness (QED) is 0.0875. The van der Waals surface area contributed by atoms with E-state index in [0.717, 1.165) is 10.2 Å². The van der Waals surface area contributed by atoms with Gasteiger partial charge in [0.25, 0.3) is 0 Å². The first-order valence-corrected chi connectivity index (χ1v) is 15.8. The predicted molar refractivity (Wildman–Crippen MR) is 161 cm³/mol. The van der Waals surface area contributed by atoms with Crippen LogP contribution in [-0.4, -0.2) is 19.6 Å². The third-order valence-corrected chi connectivity index (χ3v) is 8.29. The van der Waals surface area contributed by atoms with Crippen molar-refractivity contribution in [3.63, 3.8) is 0 Å². The zero-order chi connectivity index (χ0) is 25.6. The number of anilines is 1. The van der Waals surface area contributed by atoms with Crippen molar-refractivity contribution in [2.45, 2.75) is 156 Å². The second kappa shape index (κ2) is 21.1. The second-order valence-electron chi connectivity index (χ2n) is 11.3. The lowest BCUT2D eigenvalue weighted by Crippen LogP contribution is -2.50. The van der Waals surface area contributed by atoms with Crippen LogP contribution in [-0.2, 0) is 0 Å². The van der Waals surface area contributed by atoms with Gasteiger partial charge < -0.3 is 5.73 Å². The van der Waals surface area contributed by atoms with Gasteiger partial charge in [0, 0.05) is 17.8 Å². The number of rotatable bonds is 24. The Kier molecular flexibility index (Phi) is 19.3. The van der Waals surface area contributed by atoms with Crippen LogP contribution in [0.15, 0.2) is 18.2 Å². The number of aryl methyl sites for hydroxylation is 1. The van der Waals surface area contributed by atoms with Gasteiger partial charge in [0.15, 0.2) is 0 Å². The molecular formula is C33H63N2+. The summed E-state index contributed by atoms with van der Waals surface area (Å²) >= 11 is 0. The molecule has 1 aromatic rings. The van der Waals surface area contributed by atoms with Gasteiger partial charge in [0.2, 0.25) is 0 Å². The molecule has 204 valence electrons. The first kappa shape index (κ1) is 32.0. The van der Waals surface area contributed by atoms with Crippen LogP contribution in [0, 0.1) is 6.92 Å². The van der Waals surface area contributed by atoms with Crippen molar-refractivity contribution in [2.24, 2.45) is 0 Å². The maximum absolute atomic E-state index is 6.18. The molecule has 0 saturated heterocycles. The average molecular weight is 488 g/mol. The molecule has 0 heterocycles. The van der Waals surface area contributed by atoms with Crippen LogP contribution in [0.25, 0.3) is 0 Å². The molecule has 0 saturated carbocycles. The molecule has 0 spiro atoms. The van der Waals surface area contributed by atoms with Gasteiger partial charge in [-0.05, 0) is 51.2 Å². The molecule has 0 aliphatic carbocycles. The molecule has 0 radical (unpaired) electrons. The summed E-state index contributed by atoms with van der Waals surface area (Å²) in [6.45, 7) is 12.9. The zero-order valence-electron chi connectivity index (χ0n) is 24.5. The van der Waals surface area contributed by atoms with Gasteiger partial charge in [-0.15, -0.1) is 0 Å². The topological polar surface area (TPSA) is 26.0 Å². The van der Waals surface area contributed by atoms with E-state index in [0.29, 0.717) is 0 Å². The monoisotopic (exact) mass is 487 g/mol. The Morgan fingerprint density at radius 2 is 0.914 bits per heavy atom. The number of unbranched alkanes of at least 4 members (excludes halogenated alkanes) is 18. The summed E-state index contributed by atoms with van der Waals surface area (Å²) in [7, 11) is 0. The van der Waals surface area contributed by atoms with Gasteiger partial charge in [-0.1, -0.05) is 117 Å². The molecule has 0 atom stereocenters. The molecule has 0 fully saturated rings. The molecule has 2 nitrogen and oxygen atoms in total. The van der Waals surface area contributed by atoms with Crippen molar-refractivity contribution in [2.75, 3.05) is 25.4 Å². The fourth-order valence-corrected chi connectivity index (χ4v) is 5.63. The highest BCUT2D eigenvalue weighted by molar-refractivity contribution is 5.56. The van der Waals surface area contributed by atoms with E-state index in [-0.39, 0.29) is 0 Å². The van der Waals surface area contributed by atoms with Crippen molar-refractivity contribution < 1.29 is 0 Å². The summed E-state index contributed by atoms with van der Waals surface area (Å²) in [5.74, 6) is 0. The maximum Gasteiger partial charge on any atom is 0.133 e. The predicted octanol–water partition coefficient (Wildman–Crippen LogP) is 10.7. The average Bonchev–Trinajstić information content (AvgIpc) is 2.86. The molecule has 1 rings (SSSR count). The van der Waals surface area contributed by atoms with Crippen molar-refractivity contribution >= 4 is 11.4 Å². The first-order chi connectivity index (χ1) is 17.1. The maximum atomic E-state index is 6.18. The van der Waals surface area contributed by atoms with Gasteiger partial charge in [-0.25, -0.2) is 0 Å². The number of hydrogen-bond donors (Lipinski definition) is 1. The fraction of sp³-hybridized carbons (Fsp3) is 0.818. The molecule has 0 aliphatic heterocycles. The number of nitrogens with two attached hydrogens (primary N) is 1. The minimum atomic E-state index is 0.931. The van der Waals surface area contributed by atoms with Crippen molar-refractivity contribution in [3.8, 4) is 0 Å². The minimum absolute atomic E-state index is 0.931. The highest BCUT2D eigenvalue weighted by atomic mass is 15.4. The normalized spacial score (nSPS) is 11.9. The van der Waals surface area contributed by atoms with Crippen LogP contribution in [0.4, 0.5) is 11.4 Å². The van der Waals surface area contributed by atoms with Gasteiger partial charge in [0.1, 0.15) is 5.69 Å². The van der Waals surface area contributed by atoms with Gasteiger partial charge in [-0.2, -0.15) is 0 Å². The first-order valence-electron chi connectivity index (χ1n) is 15.8. The van der Waals surface area contributed by atoms with E-state index < -0.39 is 0 Å². The van der Waals surface area contributed by atoms with Crippen molar-refractivity contribution in [1.82, 2.24) is 4.48 Å². The Labute approximate surface area is 221 Å². The van der Waals surface area contributed by atoms with Crippen LogP contribution < -0.4 is 10.2 Å². The Balaban J connectivity index is 2.45. The van der Waals surface area contributed by atoms with Gasteiger partial charge in [-0.3, -0.25) is 4.48 Å². The van der Waals surface area contributed by atoms with E-state index in [1.54, 1.807) is 0 Å². The molecule has 1 aromatic carbocycles. The number of nitrogen functional groups attached to an aromatic ring is 1. The number of hydrogen-bond acceptors (Lipinski definition) is 1. The molecule has 0 bridgehead atoms. The van der Waals surface area contributed by atoms with E-state index in [1.165, 1.54) is 159 Å². The minimum Gasteiger partial charge on any atom is -0.399 e. The van der Waals surface area contributed by atoms with Crippen LogP contribution in [0.2, 0.25) is 0 Å². The lowest BCUT2D eigenvalue weighted by atomic mass is 10.0. The van der Waals surface area contributed by atoms with Crippen LogP contribution in [0.3, 0.4) is 0 Å². The molecule has 0 aliphatic rings. The zero-order valence-corrected chi connectivity index (χ0v) is 24.5. The molecule has 2 heteroatoms. The Morgan fingerprint density at radius 3 is 1.26 bits per heavy atom. The van der Waals surface area contributed by atoms with Crippen molar-refractivity contribution in [1.29, 1.82) is 0 Å². The highest BCUT2D eigenvalue weighted by Gasteiger charge is 2.28. The molecular weight excluding hydrogens is 424 g/mol. The molecule has 35 heavy (non-hydrogen) atoms. The largest absolute Gasteiger partial charge is 0.399 e. The standard InChI is InChI=1S/C33H63N2/c1-5-8-10-12-14-16-18-20-22-24-28-35(7-3,32-26-27-33(34)31(4)30-32)29-25-23-21-19-17-15-13-11-9-6-2/h26-27,30H,5-25,28-29,34H2,1-4H3/q+1. The van der Waals surface area contributed by atoms with Crippen LogP contribution >= 0.6 is 0 Å². The number of benzene rings is 1. The smallest absolute Gasteiger partial charge is 0.133 e. The Hall–Kier alpha value is -1.02. The summed E-state index contributed by atoms with van der Waals surface area (Å²) in [6.07, 6.45) is 28.2. The lowest BCUT2D eigenvalue weighted by Gasteiger charge is -2.38. The van der Waals surface area contributed by atoms with Gasteiger partial charge >= 0.3 is 0 Å². The Morgan fingerprint density at radius 1 is 0.543 bits per heavy atom. The highest BCUT2D eigenvalue weighted by Crippen LogP contribution is 2.29. The third kappa shape index (κ3) is 14.3. The second-order valence-corrected chi connectivity index (χ2v) is 11.3. The molecule has 0 unspecified atom stereocenters. The summed E-state index contributed by atoms with van der Waals surface area (Å²) < 4.78 is 1.15. The molecule has 0 aromatic heterocycles. The number of nitrogens with zero attached hydrogens (tertiary/aromatic N) is 1. The van der Waals surface area contributed by atoms with E-state index in [1.807, 2.05) is 0 Å². The van der Waals surface area contributed by atoms with Crippen LogP contribution in [0.1, 0.15) is 155 Å². The summed E-state index contributed by atoms with van der Waals surface area (Å²) in [5, 5.41) is 0. The van der Waals surface area contributed by atoms with Crippen molar-refractivity contribution in [3.05, 3.63) is 23.8 Å². The van der Waals surface area contributed by atoms with E-state index in [4.69, 9.17) is 5.73 Å². The van der Waals surface area contributed by atoms with E-state index >= 15 is 0 Å². The number of quaternary nitrogens is 1. The van der Waals surface area contributed by atoms with E-state index in [9.17, 15) is 0 Å². The summed E-state index contributed by atoms with van der Waals surface area (Å²) in [6, 6.07) is 6.84. The molecule has 0 amide bonds. The fourth-order valence-electron chi connectivity index (χ4n) is 5.63. The lowest BCUT2D eigenvalue weighted by molar-refractivity contribution is 0.271. The molecule has 2 N–H and O–H groups in total. The summed E-state index contributed by atoms with van der Waals surface area (Å²) in [4.78, 5) is 0. The van der Waals surface area contributed by atoms with E-state index in [2.05, 4.69) is 45.9 Å². The summed E-state index contributed by atoms with van der Waals surface area (Å²) in [5.41, 5.74) is 9.84.